The summed E-state index contributed by atoms with van der Waals surface area (Å²) in [6.45, 7) is 10.7. The third-order valence-electron chi connectivity index (χ3n) is 3.17. The molecule has 1 aromatic rings. The van der Waals surface area contributed by atoms with Gasteiger partial charge in [-0.3, -0.25) is 0 Å². The number of nitrogens with one attached hydrogen (secondary N) is 1. The summed E-state index contributed by atoms with van der Waals surface area (Å²) < 4.78 is 5.75. The number of likely N-dealkylation sites (N-methyl/N-ethyl adjacent to an activating group) is 1. The lowest BCUT2D eigenvalue weighted by Crippen LogP contribution is -2.23. The highest BCUT2D eigenvalue weighted by atomic mass is 16.5. The molecule has 0 atom stereocenters. The first-order valence-electron chi connectivity index (χ1n) is 7.95. The second kappa shape index (κ2) is 8.17. The third kappa shape index (κ3) is 5.67. The summed E-state index contributed by atoms with van der Waals surface area (Å²) in [5.74, 6) is 1.88. The summed E-state index contributed by atoms with van der Waals surface area (Å²) in [6.07, 6.45) is 2.06. The van der Waals surface area contributed by atoms with Gasteiger partial charge in [0, 0.05) is 18.5 Å². The Balaban J connectivity index is 2.99. The minimum absolute atomic E-state index is 0.158. The maximum absolute atomic E-state index is 6.17. The predicted molar refractivity (Wildman–Crippen MR) is 92.6 cm³/mol. The number of hydrogen-bond acceptors (Lipinski definition) is 6. The molecule has 0 fully saturated rings. The summed E-state index contributed by atoms with van der Waals surface area (Å²) in [4.78, 5) is 11.2. The molecule has 1 aromatic heterocycles. The van der Waals surface area contributed by atoms with E-state index in [0.717, 1.165) is 31.8 Å². The molecule has 1 rings (SSSR count). The van der Waals surface area contributed by atoms with Gasteiger partial charge in [-0.15, -0.1) is 0 Å². The largest absolute Gasteiger partial charge is 0.476 e. The second-order valence-electron chi connectivity index (χ2n) is 6.80. The van der Waals surface area contributed by atoms with Crippen molar-refractivity contribution >= 4 is 11.5 Å². The van der Waals surface area contributed by atoms with E-state index in [1.165, 1.54) is 0 Å². The number of rotatable bonds is 8. The van der Waals surface area contributed by atoms with Gasteiger partial charge < -0.3 is 20.7 Å². The number of anilines is 2. The Morgan fingerprint density at radius 2 is 1.91 bits per heavy atom. The highest BCUT2D eigenvalue weighted by molar-refractivity contribution is 5.67. The first-order valence-corrected chi connectivity index (χ1v) is 7.95. The molecule has 0 aliphatic heterocycles. The van der Waals surface area contributed by atoms with E-state index < -0.39 is 0 Å². The minimum atomic E-state index is -0.158. The van der Waals surface area contributed by atoms with E-state index in [-0.39, 0.29) is 5.41 Å². The molecule has 0 aromatic carbocycles. The van der Waals surface area contributed by atoms with Crippen LogP contribution in [0.2, 0.25) is 0 Å². The number of nitrogens with zero attached hydrogens (tertiary/aromatic N) is 3. The average Bonchev–Trinajstić information content (AvgIpc) is 2.41. The van der Waals surface area contributed by atoms with E-state index in [0.29, 0.717) is 24.0 Å². The van der Waals surface area contributed by atoms with Crippen LogP contribution in [0.25, 0.3) is 0 Å². The summed E-state index contributed by atoms with van der Waals surface area (Å²) in [5, 5.41) is 3.29. The fourth-order valence-corrected chi connectivity index (χ4v) is 1.74. The van der Waals surface area contributed by atoms with Crippen molar-refractivity contribution in [1.29, 1.82) is 0 Å². The number of nitrogen functional groups attached to an aromatic ring is 1. The zero-order valence-electron chi connectivity index (χ0n) is 14.9. The minimum Gasteiger partial charge on any atom is -0.476 e. The first-order chi connectivity index (χ1) is 10.3. The Bertz CT molecular complexity index is 468. The third-order valence-corrected chi connectivity index (χ3v) is 3.17. The predicted octanol–water partition coefficient (Wildman–Crippen LogP) is 2.51. The van der Waals surface area contributed by atoms with E-state index in [4.69, 9.17) is 10.5 Å². The highest BCUT2D eigenvalue weighted by Gasteiger charge is 2.22. The van der Waals surface area contributed by atoms with Gasteiger partial charge in [-0.05, 0) is 20.5 Å². The Morgan fingerprint density at radius 3 is 2.45 bits per heavy atom. The molecule has 126 valence electrons. The molecule has 0 aliphatic carbocycles. The van der Waals surface area contributed by atoms with Gasteiger partial charge in [-0.25, -0.2) is 4.98 Å². The van der Waals surface area contributed by atoms with Crippen molar-refractivity contribution in [3.63, 3.8) is 0 Å². The molecule has 6 nitrogen and oxygen atoms in total. The van der Waals surface area contributed by atoms with Crippen molar-refractivity contribution in [1.82, 2.24) is 14.9 Å². The van der Waals surface area contributed by atoms with Gasteiger partial charge in [0.25, 0.3) is 0 Å². The molecular weight excluding hydrogens is 278 g/mol. The van der Waals surface area contributed by atoms with Crippen molar-refractivity contribution in [3.8, 4) is 5.88 Å². The topological polar surface area (TPSA) is 76.3 Å². The second-order valence-corrected chi connectivity index (χ2v) is 6.80. The van der Waals surface area contributed by atoms with Crippen LogP contribution in [0.3, 0.4) is 0 Å². The van der Waals surface area contributed by atoms with Crippen LogP contribution < -0.4 is 15.8 Å². The molecule has 1 heterocycles. The van der Waals surface area contributed by atoms with Gasteiger partial charge in [0.15, 0.2) is 5.82 Å². The van der Waals surface area contributed by atoms with Crippen molar-refractivity contribution in [2.24, 2.45) is 0 Å². The summed E-state index contributed by atoms with van der Waals surface area (Å²) in [7, 11) is 4.07. The Morgan fingerprint density at radius 1 is 1.23 bits per heavy atom. The number of unbranched alkanes of at least 4 members (excludes halogenated alkanes) is 1. The van der Waals surface area contributed by atoms with Crippen molar-refractivity contribution in [3.05, 3.63) is 5.82 Å². The molecular formula is C16H31N5O. The normalized spacial score (nSPS) is 11.8. The maximum atomic E-state index is 6.17. The lowest BCUT2D eigenvalue weighted by molar-refractivity contribution is 0.296. The molecule has 0 amide bonds. The summed E-state index contributed by atoms with van der Waals surface area (Å²) >= 11 is 0. The Hall–Kier alpha value is -1.56. The molecule has 0 radical (unpaired) electrons. The smallest absolute Gasteiger partial charge is 0.242 e. The fraction of sp³-hybridized carbons (Fsp3) is 0.750. The van der Waals surface area contributed by atoms with Gasteiger partial charge in [-0.2, -0.15) is 4.98 Å². The first kappa shape index (κ1) is 18.5. The van der Waals surface area contributed by atoms with Crippen molar-refractivity contribution in [2.75, 3.05) is 44.8 Å². The summed E-state index contributed by atoms with van der Waals surface area (Å²) in [6, 6.07) is 0. The van der Waals surface area contributed by atoms with Gasteiger partial charge in [0.2, 0.25) is 5.88 Å². The fourth-order valence-electron chi connectivity index (χ4n) is 1.74. The molecule has 0 spiro atoms. The lowest BCUT2D eigenvalue weighted by atomic mass is 9.96. The standard InChI is InChI=1S/C16H31N5O/c1-7-8-11-22-14-12(17)13(18-9-10-21(5)6)19-15(20-14)16(2,3)4/h7-11,17H2,1-6H3,(H,18,19,20). The number of nitrogens with two attached hydrogens (primary N) is 1. The molecule has 3 N–H and O–H groups in total. The van der Waals surface area contributed by atoms with Gasteiger partial charge >= 0.3 is 0 Å². The van der Waals surface area contributed by atoms with E-state index in [1.54, 1.807) is 0 Å². The molecule has 0 saturated heterocycles. The van der Waals surface area contributed by atoms with Crippen LogP contribution in [0.1, 0.15) is 46.4 Å². The van der Waals surface area contributed by atoms with Gasteiger partial charge in [-0.1, -0.05) is 34.1 Å². The SMILES string of the molecule is CCCCOc1nc(C(C)(C)C)nc(NCCN(C)C)c1N. The number of aromatic nitrogens is 2. The van der Waals surface area contributed by atoms with E-state index >= 15 is 0 Å². The quantitative estimate of drug-likeness (QED) is 0.719. The molecule has 0 aliphatic rings. The van der Waals surface area contributed by atoms with Crippen LogP contribution in [0.4, 0.5) is 11.5 Å². The lowest BCUT2D eigenvalue weighted by Gasteiger charge is -2.21. The highest BCUT2D eigenvalue weighted by Crippen LogP contribution is 2.30. The molecule has 0 saturated carbocycles. The maximum Gasteiger partial charge on any atom is 0.242 e. The van der Waals surface area contributed by atoms with Crippen LogP contribution in [0, 0.1) is 0 Å². The number of ether oxygens (including phenoxy) is 1. The van der Waals surface area contributed by atoms with Crippen LogP contribution >= 0.6 is 0 Å². The van der Waals surface area contributed by atoms with E-state index in [1.807, 2.05) is 14.1 Å². The zero-order valence-corrected chi connectivity index (χ0v) is 14.9. The van der Waals surface area contributed by atoms with E-state index in [9.17, 15) is 0 Å². The van der Waals surface area contributed by atoms with Crippen LogP contribution in [0.15, 0.2) is 0 Å². The van der Waals surface area contributed by atoms with Crippen molar-refractivity contribution in [2.45, 2.75) is 46.0 Å². The molecule has 6 heteroatoms. The van der Waals surface area contributed by atoms with Crippen molar-refractivity contribution < 1.29 is 4.74 Å². The zero-order chi connectivity index (χ0) is 16.8. The molecule has 0 bridgehead atoms. The summed E-state index contributed by atoms with van der Waals surface area (Å²) in [5.41, 5.74) is 6.50. The number of hydrogen-bond donors (Lipinski definition) is 2. The van der Waals surface area contributed by atoms with E-state index in [2.05, 4.69) is 47.9 Å². The van der Waals surface area contributed by atoms with Gasteiger partial charge in [0.05, 0.1) is 6.61 Å². The van der Waals surface area contributed by atoms with Gasteiger partial charge in [0.1, 0.15) is 11.5 Å². The molecule has 22 heavy (non-hydrogen) atoms. The monoisotopic (exact) mass is 309 g/mol. The Labute approximate surface area is 134 Å². The van der Waals surface area contributed by atoms with Crippen LogP contribution in [-0.4, -0.2) is 48.7 Å². The Kier molecular flexibility index (Phi) is 6.87. The van der Waals surface area contributed by atoms with Crippen LogP contribution in [0.5, 0.6) is 5.88 Å². The van der Waals surface area contributed by atoms with Crippen LogP contribution in [-0.2, 0) is 5.41 Å². The molecule has 0 unspecified atom stereocenters. The average molecular weight is 309 g/mol.